The fourth-order valence-corrected chi connectivity index (χ4v) is 4.46. The topological polar surface area (TPSA) is 99.5 Å². The Morgan fingerprint density at radius 1 is 1.52 bits per heavy atom. The number of thioether (sulfide) groups is 1. The van der Waals surface area contributed by atoms with Crippen LogP contribution in [0.1, 0.15) is 18.2 Å². The molecule has 1 aromatic rings. The van der Waals surface area contributed by atoms with Crippen LogP contribution in [0, 0.1) is 0 Å². The van der Waals surface area contributed by atoms with E-state index in [-0.39, 0.29) is 28.8 Å². The van der Waals surface area contributed by atoms with Crippen LogP contribution in [0.3, 0.4) is 0 Å². The number of carboxylic acid groups (broad SMARTS) is 1. The molecule has 0 spiro atoms. The number of carboxylic acids is 1. The second-order valence-corrected chi connectivity index (χ2v) is 8.14. The van der Waals surface area contributed by atoms with E-state index in [1.54, 1.807) is 6.92 Å². The molecule has 3 heterocycles. The van der Waals surface area contributed by atoms with Gasteiger partial charge in [0.1, 0.15) is 10.9 Å². The Morgan fingerprint density at radius 2 is 2.30 bits per heavy atom. The lowest BCUT2D eigenvalue weighted by Gasteiger charge is -2.16. The highest BCUT2D eigenvalue weighted by Gasteiger charge is 2.37. The average Bonchev–Trinajstić information content (AvgIpc) is 3.32. The second-order valence-electron chi connectivity index (χ2n) is 5.52. The summed E-state index contributed by atoms with van der Waals surface area (Å²) in [6.45, 7) is 1.60. The third-order valence-corrected chi connectivity index (χ3v) is 6.03. The first-order valence-electron chi connectivity index (χ1n) is 7.94. The van der Waals surface area contributed by atoms with E-state index in [1.807, 2.05) is 17.5 Å². The van der Waals surface area contributed by atoms with Crippen LogP contribution in [0.5, 0.6) is 0 Å². The lowest BCUT2D eigenvalue weighted by Crippen LogP contribution is -2.35. The highest BCUT2D eigenvalue weighted by Crippen LogP contribution is 2.33. The molecule has 0 aromatic carbocycles. The minimum atomic E-state index is -1.04. The van der Waals surface area contributed by atoms with E-state index in [9.17, 15) is 19.5 Å². The highest BCUT2D eigenvalue weighted by atomic mass is 32.2. The van der Waals surface area contributed by atoms with Crippen LogP contribution in [-0.4, -0.2) is 62.1 Å². The molecule has 142 valence electrons. The van der Waals surface area contributed by atoms with Gasteiger partial charge < -0.3 is 9.84 Å². The molecule has 8 nitrogen and oxygen atoms in total. The minimum absolute atomic E-state index is 0.206. The predicted molar refractivity (Wildman–Crippen MR) is 105 cm³/mol. The summed E-state index contributed by atoms with van der Waals surface area (Å²) in [7, 11) is 0. The van der Waals surface area contributed by atoms with Gasteiger partial charge in [-0.2, -0.15) is 5.10 Å². The van der Waals surface area contributed by atoms with Gasteiger partial charge in [-0.05, 0) is 18.4 Å². The monoisotopic (exact) mass is 425 g/mol. The number of ether oxygens (including phenoxy) is 1. The van der Waals surface area contributed by atoms with Crippen LogP contribution < -0.4 is 0 Å². The number of amides is 1. The van der Waals surface area contributed by atoms with Gasteiger partial charge in [0.25, 0.3) is 5.91 Å². The summed E-state index contributed by atoms with van der Waals surface area (Å²) in [5, 5.41) is 17.0. The third kappa shape index (κ3) is 4.20. The smallest absolute Gasteiger partial charge is 0.328 e. The Bertz CT molecular complexity index is 849. The Kier molecular flexibility index (Phi) is 5.92. The molecule has 11 heteroatoms. The fourth-order valence-electron chi connectivity index (χ4n) is 2.52. The Balaban J connectivity index is 1.81. The molecular formula is C16H15N3O5S3. The van der Waals surface area contributed by atoms with E-state index >= 15 is 0 Å². The van der Waals surface area contributed by atoms with Crippen molar-refractivity contribution in [2.75, 3.05) is 13.2 Å². The third-order valence-electron chi connectivity index (χ3n) is 3.75. The normalized spacial score (nSPS) is 21.1. The van der Waals surface area contributed by atoms with Crippen LogP contribution >= 0.6 is 35.3 Å². The number of hydrogen-bond acceptors (Lipinski definition) is 9. The van der Waals surface area contributed by atoms with Crippen molar-refractivity contribution in [3.05, 3.63) is 33.5 Å². The number of thiophene rings is 1. The molecule has 1 aromatic heterocycles. The SMILES string of the molecule is CCOC(=O)CN1C(=O)/C(=C/N2N=C(c3cccs3)CC2C(=O)O)SC1=S. The Morgan fingerprint density at radius 3 is 2.93 bits per heavy atom. The average molecular weight is 426 g/mol. The summed E-state index contributed by atoms with van der Waals surface area (Å²) in [4.78, 5) is 38.0. The molecule has 3 rings (SSSR count). The van der Waals surface area contributed by atoms with Crippen molar-refractivity contribution in [3.63, 3.8) is 0 Å². The van der Waals surface area contributed by atoms with Crippen LogP contribution in [-0.2, 0) is 19.1 Å². The quantitative estimate of drug-likeness (QED) is 0.419. The summed E-state index contributed by atoms with van der Waals surface area (Å²) in [6, 6.07) is 2.82. The molecule has 27 heavy (non-hydrogen) atoms. The van der Waals surface area contributed by atoms with Crippen LogP contribution in [0.15, 0.2) is 33.7 Å². The lowest BCUT2D eigenvalue weighted by molar-refractivity contribution is -0.145. The second kappa shape index (κ2) is 8.19. The minimum Gasteiger partial charge on any atom is -0.480 e. The molecule has 1 saturated heterocycles. The molecule has 1 atom stereocenters. The fraction of sp³-hybridized carbons (Fsp3) is 0.312. The van der Waals surface area contributed by atoms with E-state index < -0.39 is 23.9 Å². The number of thiocarbonyl (C=S) groups is 1. The molecule has 0 bridgehead atoms. The zero-order valence-electron chi connectivity index (χ0n) is 14.2. The van der Waals surface area contributed by atoms with Gasteiger partial charge in [-0.3, -0.25) is 19.5 Å². The van der Waals surface area contributed by atoms with Crippen LogP contribution in [0.2, 0.25) is 0 Å². The van der Waals surface area contributed by atoms with E-state index in [2.05, 4.69) is 5.10 Å². The predicted octanol–water partition coefficient (Wildman–Crippen LogP) is 1.88. The van der Waals surface area contributed by atoms with Gasteiger partial charge in [-0.1, -0.05) is 30.0 Å². The van der Waals surface area contributed by atoms with Gasteiger partial charge in [0, 0.05) is 12.6 Å². The molecule has 1 N–H and O–H groups in total. The van der Waals surface area contributed by atoms with E-state index in [0.717, 1.165) is 21.5 Å². The number of carbonyl (C=O) groups excluding carboxylic acids is 2. The van der Waals surface area contributed by atoms with E-state index in [4.69, 9.17) is 17.0 Å². The van der Waals surface area contributed by atoms with Crippen LogP contribution in [0.25, 0.3) is 0 Å². The van der Waals surface area contributed by atoms with Crippen molar-refractivity contribution in [1.82, 2.24) is 9.91 Å². The van der Waals surface area contributed by atoms with Gasteiger partial charge in [-0.15, -0.1) is 11.3 Å². The van der Waals surface area contributed by atoms with Gasteiger partial charge >= 0.3 is 11.9 Å². The first-order valence-corrected chi connectivity index (χ1v) is 10.0. The van der Waals surface area contributed by atoms with Gasteiger partial charge in [0.2, 0.25) is 0 Å². The molecule has 1 amide bonds. The van der Waals surface area contributed by atoms with Crippen molar-refractivity contribution in [2.24, 2.45) is 5.10 Å². The van der Waals surface area contributed by atoms with Gasteiger partial charge in [0.15, 0.2) is 6.04 Å². The summed E-state index contributed by atoms with van der Waals surface area (Å²) in [5.74, 6) is -2.07. The largest absolute Gasteiger partial charge is 0.480 e. The number of carbonyl (C=O) groups is 3. The van der Waals surface area contributed by atoms with Crippen molar-refractivity contribution in [3.8, 4) is 0 Å². The van der Waals surface area contributed by atoms with Crippen molar-refractivity contribution < 1.29 is 24.2 Å². The molecule has 0 saturated carbocycles. The lowest BCUT2D eigenvalue weighted by atomic mass is 10.1. The Hall–Kier alpha value is -2.24. The van der Waals surface area contributed by atoms with Crippen molar-refractivity contribution in [1.29, 1.82) is 0 Å². The maximum atomic E-state index is 12.6. The van der Waals surface area contributed by atoms with Crippen molar-refractivity contribution >= 4 is 63.2 Å². The maximum Gasteiger partial charge on any atom is 0.328 e. The van der Waals surface area contributed by atoms with Crippen molar-refractivity contribution in [2.45, 2.75) is 19.4 Å². The molecule has 0 aliphatic carbocycles. The highest BCUT2D eigenvalue weighted by molar-refractivity contribution is 8.26. The summed E-state index contributed by atoms with van der Waals surface area (Å²) in [6.07, 6.45) is 1.61. The van der Waals surface area contributed by atoms with E-state index in [1.165, 1.54) is 22.5 Å². The standard InChI is InChI=1S/C16H15N3O5S3/c1-2-24-13(20)8-18-14(21)12(27-16(18)25)7-19-10(15(22)23)6-9(17-19)11-4-3-5-26-11/h3-5,7,10H,2,6,8H2,1H3,(H,22,23)/b12-7-. The first-order chi connectivity index (χ1) is 12.9. The molecule has 1 unspecified atom stereocenters. The van der Waals surface area contributed by atoms with Crippen LogP contribution in [0.4, 0.5) is 0 Å². The van der Waals surface area contributed by atoms with E-state index in [0.29, 0.717) is 5.71 Å². The number of nitrogens with zero attached hydrogens (tertiary/aromatic N) is 3. The van der Waals surface area contributed by atoms with Gasteiger partial charge in [-0.25, -0.2) is 4.79 Å². The summed E-state index contributed by atoms with van der Waals surface area (Å²) < 4.78 is 5.06. The zero-order valence-corrected chi connectivity index (χ0v) is 16.6. The first kappa shape index (κ1) is 19.5. The summed E-state index contributed by atoms with van der Waals surface area (Å²) >= 11 is 7.63. The number of rotatable bonds is 6. The number of hydrazone groups is 1. The number of aliphatic carboxylic acids is 1. The maximum absolute atomic E-state index is 12.6. The molecule has 2 aliphatic heterocycles. The molecule has 1 fully saturated rings. The zero-order chi connectivity index (χ0) is 19.6. The molecule has 2 aliphatic rings. The molecule has 0 radical (unpaired) electrons. The summed E-state index contributed by atoms with van der Waals surface area (Å²) in [5.41, 5.74) is 0.649. The Labute approximate surface area is 168 Å². The van der Waals surface area contributed by atoms with Gasteiger partial charge in [0.05, 0.1) is 22.1 Å². The number of esters is 1. The number of hydrogen-bond donors (Lipinski definition) is 1. The molecular weight excluding hydrogens is 410 g/mol.